The van der Waals surface area contributed by atoms with Crippen molar-refractivity contribution in [1.82, 2.24) is 14.9 Å². The zero-order valence-corrected chi connectivity index (χ0v) is 15.2. The lowest BCUT2D eigenvalue weighted by Gasteiger charge is -2.34. The zero-order valence-electron chi connectivity index (χ0n) is 14.4. The highest BCUT2D eigenvalue weighted by atomic mass is 32.1. The molecule has 1 aromatic carbocycles. The molecule has 130 valence electrons. The molecule has 1 aliphatic heterocycles. The third-order valence-electron chi connectivity index (χ3n) is 4.41. The molecule has 1 aliphatic rings. The Morgan fingerprint density at radius 2 is 2.00 bits per heavy atom. The summed E-state index contributed by atoms with van der Waals surface area (Å²) >= 11 is 1.75. The van der Waals surface area contributed by atoms with Gasteiger partial charge in [-0.25, -0.2) is 4.98 Å². The third-order valence-corrected chi connectivity index (χ3v) is 5.49. The van der Waals surface area contributed by atoms with Crippen LogP contribution in [0.1, 0.15) is 12.6 Å². The summed E-state index contributed by atoms with van der Waals surface area (Å²) in [6.45, 7) is 7.71. The SMILES string of the molecule is CCOc1ccc2nc(N3CCN(Cc4ccccn4)CC3)sc2c1. The van der Waals surface area contributed by atoms with Crippen LogP contribution in [0.15, 0.2) is 42.6 Å². The first-order chi connectivity index (χ1) is 12.3. The second-order valence-electron chi connectivity index (χ2n) is 6.14. The second kappa shape index (κ2) is 7.37. The molecule has 3 aromatic rings. The quantitative estimate of drug-likeness (QED) is 0.702. The minimum Gasteiger partial charge on any atom is -0.494 e. The third kappa shape index (κ3) is 3.75. The van der Waals surface area contributed by atoms with Gasteiger partial charge in [0.25, 0.3) is 0 Å². The first-order valence-electron chi connectivity index (χ1n) is 8.72. The van der Waals surface area contributed by atoms with Gasteiger partial charge < -0.3 is 9.64 Å². The average molecular weight is 354 g/mol. The molecule has 0 bridgehead atoms. The lowest BCUT2D eigenvalue weighted by atomic mass is 10.3. The number of fused-ring (bicyclic) bond motifs is 1. The van der Waals surface area contributed by atoms with Crippen molar-refractivity contribution in [1.29, 1.82) is 0 Å². The number of rotatable bonds is 5. The number of thiazole rings is 1. The summed E-state index contributed by atoms with van der Waals surface area (Å²) in [6, 6.07) is 12.3. The fraction of sp³-hybridized carbons (Fsp3) is 0.368. The Balaban J connectivity index is 1.41. The van der Waals surface area contributed by atoms with E-state index in [0.29, 0.717) is 6.61 Å². The maximum atomic E-state index is 5.59. The van der Waals surface area contributed by atoms with Crippen LogP contribution in [0.4, 0.5) is 5.13 Å². The highest BCUT2D eigenvalue weighted by molar-refractivity contribution is 7.22. The molecule has 2 aromatic heterocycles. The summed E-state index contributed by atoms with van der Waals surface area (Å²) in [5.74, 6) is 0.922. The van der Waals surface area contributed by atoms with Crippen molar-refractivity contribution in [3.63, 3.8) is 0 Å². The van der Waals surface area contributed by atoms with Gasteiger partial charge >= 0.3 is 0 Å². The average Bonchev–Trinajstić information content (AvgIpc) is 3.07. The monoisotopic (exact) mass is 354 g/mol. The minimum absolute atomic E-state index is 0.690. The maximum absolute atomic E-state index is 5.59. The van der Waals surface area contributed by atoms with E-state index in [1.54, 1.807) is 11.3 Å². The van der Waals surface area contributed by atoms with Crippen LogP contribution < -0.4 is 9.64 Å². The van der Waals surface area contributed by atoms with Crippen LogP contribution in [0.3, 0.4) is 0 Å². The number of piperazine rings is 1. The number of anilines is 1. The molecule has 0 radical (unpaired) electrons. The Hall–Kier alpha value is -2.18. The van der Waals surface area contributed by atoms with E-state index in [0.717, 1.165) is 54.8 Å². The summed E-state index contributed by atoms with van der Waals surface area (Å²) in [7, 11) is 0. The van der Waals surface area contributed by atoms with E-state index in [1.807, 2.05) is 25.3 Å². The summed E-state index contributed by atoms with van der Waals surface area (Å²) < 4.78 is 6.78. The Labute approximate surface area is 151 Å². The van der Waals surface area contributed by atoms with Gasteiger partial charge in [0.05, 0.1) is 22.5 Å². The van der Waals surface area contributed by atoms with Crippen LogP contribution in [0, 0.1) is 0 Å². The van der Waals surface area contributed by atoms with Gasteiger partial charge in [-0.15, -0.1) is 0 Å². The lowest BCUT2D eigenvalue weighted by molar-refractivity contribution is 0.247. The molecule has 6 heteroatoms. The van der Waals surface area contributed by atoms with Gasteiger partial charge in [0.2, 0.25) is 0 Å². The molecule has 0 saturated carbocycles. The molecule has 4 rings (SSSR count). The van der Waals surface area contributed by atoms with Crippen LogP contribution in [0.25, 0.3) is 10.2 Å². The van der Waals surface area contributed by atoms with E-state index in [1.165, 1.54) is 4.70 Å². The molecule has 5 nitrogen and oxygen atoms in total. The molecule has 0 unspecified atom stereocenters. The Morgan fingerprint density at radius 3 is 2.76 bits per heavy atom. The van der Waals surface area contributed by atoms with Crippen LogP contribution >= 0.6 is 11.3 Å². The van der Waals surface area contributed by atoms with Crippen molar-refractivity contribution in [2.45, 2.75) is 13.5 Å². The van der Waals surface area contributed by atoms with Gasteiger partial charge in [-0.3, -0.25) is 9.88 Å². The molecule has 1 fully saturated rings. The van der Waals surface area contributed by atoms with Crippen LogP contribution in [-0.4, -0.2) is 47.7 Å². The number of hydrogen-bond donors (Lipinski definition) is 0. The molecule has 25 heavy (non-hydrogen) atoms. The first-order valence-corrected chi connectivity index (χ1v) is 9.54. The molecular formula is C19H22N4OS. The molecule has 0 N–H and O–H groups in total. The predicted octanol–water partition coefficient (Wildman–Crippen LogP) is 3.41. The fourth-order valence-corrected chi connectivity index (χ4v) is 4.15. The van der Waals surface area contributed by atoms with Gasteiger partial charge in [-0.05, 0) is 37.3 Å². The second-order valence-corrected chi connectivity index (χ2v) is 7.15. The highest BCUT2D eigenvalue weighted by Gasteiger charge is 2.20. The molecular weight excluding hydrogens is 332 g/mol. The molecule has 1 saturated heterocycles. The van der Waals surface area contributed by atoms with Gasteiger partial charge in [-0.2, -0.15) is 0 Å². The van der Waals surface area contributed by atoms with Crippen molar-refractivity contribution < 1.29 is 4.74 Å². The van der Waals surface area contributed by atoms with Crippen molar-refractivity contribution in [2.75, 3.05) is 37.7 Å². The standard InChI is InChI=1S/C19H22N4OS/c1-2-24-16-6-7-17-18(13-16)25-19(21-17)23-11-9-22(10-12-23)14-15-5-3-4-8-20-15/h3-8,13H,2,9-12,14H2,1H3. The highest BCUT2D eigenvalue weighted by Crippen LogP contribution is 2.32. The number of nitrogens with zero attached hydrogens (tertiary/aromatic N) is 4. The van der Waals surface area contributed by atoms with Gasteiger partial charge in [-0.1, -0.05) is 17.4 Å². The van der Waals surface area contributed by atoms with Crippen molar-refractivity contribution in [2.24, 2.45) is 0 Å². The number of hydrogen-bond acceptors (Lipinski definition) is 6. The summed E-state index contributed by atoms with van der Waals surface area (Å²) in [6.07, 6.45) is 1.86. The van der Waals surface area contributed by atoms with E-state index >= 15 is 0 Å². The molecule has 0 atom stereocenters. The summed E-state index contributed by atoms with van der Waals surface area (Å²) in [4.78, 5) is 14.1. The fourth-order valence-electron chi connectivity index (χ4n) is 3.10. The first kappa shape index (κ1) is 16.3. The van der Waals surface area contributed by atoms with E-state index in [-0.39, 0.29) is 0 Å². The summed E-state index contributed by atoms with van der Waals surface area (Å²) in [5, 5.41) is 1.11. The molecule has 0 amide bonds. The molecule has 0 aliphatic carbocycles. The van der Waals surface area contributed by atoms with Crippen LogP contribution in [0.5, 0.6) is 5.75 Å². The normalized spacial score (nSPS) is 15.6. The van der Waals surface area contributed by atoms with Crippen molar-refractivity contribution in [3.05, 3.63) is 48.3 Å². The van der Waals surface area contributed by atoms with Crippen molar-refractivity contribution in [3.8, 4) is 5.75 Å². The van der Waals surface area contributed by atoms with Crippen molar-refractivity contribution >= 4 is 26.7 Å². The Kier molecular flexibility index (Phi) is 4.81. The van der Waals surface area contributed by atoms with Gasteiger partial charge in [0.1, 0.15) is 5.75 Å². The maximum Gasteiger partial charge on any atom is 0.186 e. The number of pyridine rings is 1. The number of ether oxygens (including phenoxy) is 1. The van der Waals surface area contributed by atoms with Gasteiger partial charge in [0, 0.05) is 38.9 Å². The number of benzene rings is 1. The zero-order chi connectivity index (χ0) is 17.1. The van der Waals surface area contributed by atoms with Crippen LogP contribution in [-0.2, 0) is 6.54 Å². The van der Waals surface area contributed by atoms with E-state index in [4.69, 9.17) is 9.72 Å². The Bertz CT molecular complexity index is 828. The van der Waals surface area contributed by atoms with E-state index in [9.17, 15) is 0 Å². The van der Waals surface area contributed by atoms with Crippen LogP contribution in [0.2, 0.25) is 0 Å². The van der Waals surface area contributed by atoms with E-state index in [2.05, 4.69) is 39.0 Å². The Morgan fingerprint density at radius 1 is 1.12 bits per heavy atom. The minimum atomic E-state index is 0.690. The lowest BCUT2D eigenvalue weighted by Crippen LogP contribution is -2.46. The summed E-state index contributed by atoms with van der Waals surface area (Å²) in [5.41, 5.74) is 2.19. The number of aromatic nitrogens is 2. The smallest absolute Gasteiger partial charge is 0.186 e. The predicted molar refractivity (Wildman–Crippen MR) is 103 cm³/mol. The topological polar surface area (TPSA) is 41.5 Å². The largest absolute Gasteiger partial charge is 0.494 e. The molecule has 0 spiro atoms. The van der Waals surface area contributed by atoms with E-state index < -0.39 is 0 Å². The van der Waals surface area contributed by atoms with Gasteiger partial charge in [0.15, 0.2) is 5.13 Å². The molecule has 3 heterocycles.